The molecule has 0 saturated carbocycles. The van der Waals surface area contributed by atoms with Crippen LogP contribution in [-0.2, 0) is 23.9 Å². The lowest BCUT2D eigenvalue weighted by atomic mass is 10.1. The van der Waals surface area contributed by atoms with Gasteiger partial charge in [-0.05, 0) is 91.1 Å². The Kier molecular flexibility index (Phi) is 30.2. The Bertz CT molecular complexity index is 933. The predicted octanol–water partition coefficient (Wildman–Crippen LogP) is 10.8. The summed E-state index contributed by atoms with van der Waals surface area (Å²) >= 11 is 0. The van der Waals surface area contributed by atoms with Gasteiger partial charge in [0.2, 0.25) is 5.91 Å². The van der Waals surface area contributed by atoms with Gasteiger partial charge in [-0.1, -0.05) is 127 Å². The minimum atomic E-state index is -0.616. The van der Waals surface area contributed by atoms with Crippen LogP contribution in [-0.4, -0.2) is 73.6 Å². The topological polar surface area (TPSA) is 76.2 Å². The third kappa shape index (κ3) is 27.6. The van der Waals surface area contributed by atoms with Crippen LogP contribution in [0.4, 0.5) is 0 Å². The standard InChI is InChI=1S/C44H76N2O5/c1-5-7-9-11-13-15-17-19-21-23-25-27-29-31-33-35-43(48)50-40-37-46(42(47)39-45(3)4)38-41(40)51-44(49)36-34-32-30-28-26-24-22-20-18-16-14-12-10-8-6-2/h13-16,19-22,40-41H,5-12,17-18,23-39H2,1-4H3/b15-13-,16-14-,21-19-,22-20-. The van der Waals surface area contributed by atoms with Gasteiger partial charge in [0.15, 0.2) is 12.2 Å². The van der Waals surface area contributed by atoms with Crippen LogP contribution in [0.5, 0.6) is 0 Å². The maximum absolute atomic E-state index is 12.8. The first kappa shape index (κ1) is 46.4. The highest BCUT2D eigenvalue weighted by molar-refractivity contribution is 5.79. The van der Waals surface area contributed by atoms with E-state index in [9.17, 15) is 14.4 Å². The molecule has 0 aromatic rings. The molecule has 7 heteroatoms. The summed E-state index contributed by atoms with van der Waals surface area (Å²) in [5, 5.41) is 0. The minimum absolute atomic E-state index is 0.0537. The molecule has 292 valence electrons. The second-order valence-electron chi connectivity index (χ2n) is 14.6. The number of likely N-dealkylation sites (N-methyl/N-ethyl adjacent to an activating group) is 1. The molecule has 7 nitrogen and oxygen atoms in total. The zero-order chi connectivity index (χ0) is 37.2. The van der Waals surface area contributed by atoms with Crippen LogP contribution in [0.3, 0.4) is 0 Å². The number of hydrogen-bond donors (Lipinski definition) is 0. The Morgan fingerprint density at radius 1 is 0.529 bits per heavy atom. The van der Waals surface area contributed by atoms with Gasteiger partial charge in [0.05, 0.1) is 19.6 Å². The van der Waals surface area contributed by atoms with Gasteiger partial charge in [-0.15, -0.1) is 0 Å². The second kappa shape index (κ2) is 33.2. The Morgan fingerprint density at radius 2 is 0.882 bits per heavy atom. The summed E-state index contributed by atoms with van der Waals surface area (Å²) in [6.07, 6.45) is 42.4. The lowest BCUT2D eigenvalue weighted by molar-refractivity contribution is -0.164. The van der Waals surface area contributed by atoms with Crippen LogP contribution in [0.1, 0.15) is 168 Å². The van der Waals surface area contributed by atoms with E-state index in [1.807, 2.05) is 19.0 Å². The van der Waals surface area contributed by atoms with Crippen molar-refractivity contribution in [3.63, 3.8) is 0 Å². The first-order chi connectivity index (χ1) is 24.9. The summed E-state index contributed by atoms with van der Waals surface area (Å²) in [5.74, 6) is -0.605. The van der Waals surface area contributed by atoms with Crippen molar-refractivity contribution in [3.8, 4) is 0 Å². The molecule has 0 radical (unpaired) electrons. The number of amides is 1. The molecule has 0 bridgehead atoms. The van der Waals surface area contributed by atoms with Crippen molar-refractivity contribution in [3.05, 3.63) is 48.6 Å². The first-order valence-corrected chi connectivity index (χ1v) is 20.8. The summed E-state index contributed by atoms with van der Waals surface area (Å²) in [5.41, 5.74) is 0. The van der Waals surface area contributed by atoms with Crippen molar-refractivity contribution in [2.75, 3.05) is 33.7 Å². The second-order valence-corrected chi connectivity index (χ2v) is 14.6. The molecule has 1 aliphatic rings. The molecule has 0 aliphatic carbocycles. The summed E-state index contributed by atoms with van der Waals surface area (Å²) in [6.45, 7) is 5.27. The number of ether oxygens (including phenoxy) is 2. The van der Waals surface area contributed by atoms with Gasteiger partial charge in [0.1, 0.15) is 0 Å². The van der Waals surface area contributed by atoms with E-state index in [0.717, 1.165) is 77.0 Å². The SMILES string of the molecule is CCCCC/C=C\C/C=C\CCCCCCCC(=O)OC1CN(C(=O)CN(C)C)CC1OC(=O)CCCCCCC/C=C\C/C=C\CCCCC. The van der Waals surface area contributed by atoms with Crippen LogP contribution in [0.25, 0.3) is 0 Å². The van der Waals surface area contributed by atoms with E-state index in [0.29, 0.717) is 12.8 Å². The highest BCUT2D eigenvalue weighted by atomic mass is 16.6. The molecule has 1 fully saturated rings. The van der Waals surface area contributed by atoms with Crippen LogP contribution >= 0.6 is 0 Å². The highest BCUT2D eigenvalue weighted by Crippen LogP contribution is 2.20. The number of nitrogens with zero attached hydrogens (tertiary/aromatic N) is 2. The Balaban J connectivity index is 2.28. The molecule has 51 heavy (non-hydrogen) atoms. The summed E-state index contributed by atoms with van der Waals surface area (Å²) in [6, 6.07) is 0. The number of carbonyl (C=O) groups is 3. The van der Waals surface area contributed by atoms with Crippen LogP contribution in [0, 0.1) is 0 Å². The fourth-order valence-electron chi connectivity index (χ4n) is 6.16. The number of unbranched alkanes of at least 4 members (excludes halogenated alkanes) is 16. The normalized spacial score (nSPS) is 16.5. The predicted molar refractivity (Wildman–Crippen MR) is 214 cm³/mol. The zero-order valence-corrected chi connectivity index (χ0v) is 33.3. The van der Waals surface area contributed by atoms with E-state index in [1.165, 1.54) is 64.2 Å². The number of rotatable bonds is 32. The molecule has 0 aromatic heterocycles. The van der Waals surface area contributed by atoms with Crippen LogP contribution in [0.2, 0.25) is 0 Å². The van der Waals surface area contributed by atoms with Gasteiger partial charge in [-0.2, -0.15) is 0 Å². The van der Waals surface area contributed by atoms with Crippen molar-refractivity contribution < 1.29 is 23.9 Å². The molecule has 0 N–H and O–H groups in total. The maximum atomic E-state index is 12.8. The molecule has 2 unspecified atom stereocenters. The molecule has 1 rings (SSSR count). The third-order valence-electron chi connectivity index (χ3n) is 9.25. The Hall–Kier alpha value is -2.67. The fourth-order valence-corrected chi connectivity index (χ4v) is 6.16. The van der Waals surface area contributed by atoms with Gasteiger partial charge < -0.3 is 19.3 Å². The lowest BCUT2D eigenvalue weighted by Gasteiger charge is -2.19. The van der Waals surface area contributed by atoms with Crippen LogP contribution < -0.4 is 0 Å². The fraction of sp³-hybridized carbons (Fsp3) is 0.750. The molecule has 0 aromatic carbocycles. The minimum Gasteiger partial charge on any atom is -0.456 e. The zero-order valence-electron chi connectivity index (χ0n) is 33.3. The quantitative estimate of drug-likeness (QED) is 0.0393. The lowest BCUT2D eigenvalue weighted by Crippen LogP contribution is -2.37. The van der Waals surface area contributed by atoms with E-state index < -0.39 is 12.2 Å². The monoisotopic (exact) mass is 713 g/mol. The Morgan fingerprint density at radius 3 is 1.25 bits per heavy atom. The van der Waals surface area contributed by atoms with E-state index >= 15 is 0 Å². The van der Waals surface area contributed by atoms with Gasteiger partial charge >= 0.3 is 11.9 Å². The molecule has 0 spiro atoms. The van der Waals surface area contributed by atoms with E-state index in [4.69, 9.17) is 9.47 Å². The van der Waals surface area contributed by atoms with Gasteiger partial charge in [0, 0.05) is 12.8 Å². The summed E-state index contributed by atoms with van der Waals surface area (Å²) < 4.78 is 11.6. The smallest absolute Gasteiger partial charge is 0.306 e. The van der Waals surface area contributed by atoms with Gasteiger partial charge in [0.25, 0.3) is 0 Å². The number of carbonyl (C=O) groups excluding carboxylic acids is 3. The molecular weight excluding hydrogens is 636 g/mol. The largest absolute Gasteiger partial charge is 0.456 e. The Labute approximate surface area is 313 Å². The van der Waals surface area contributed by atoms with E-state index in [1.54, 1.807) is 4.90 Å². The van der Waals surface area contributed by atoms with Crippen molar-refractivity contribution in [1.82, 2.24) is 9.80 Å². The molecule has 1 amide bonds. The average Bonchev–Trinajstić information content (AvgIpc) is 3.49. The average molecular weight is 713 g/mol. The van der Waals surface area contributed by atoms with Gasteiger partial charge in [-0.3, -0.25) is 14.4 Å². The maximum Gasteiger partial charge on any atom is 0.306 e. The first-order valence-electron chi connectivity index (χ1n) is 20.8. The number of likely N-dealkylation sites (tertiary alicyclic amines) is 1. The van der Waals surface area contributed by atoms with Crippen molar-refractivity contribution >= 4 is 17.8 Å². The van der Waals surface area contributed by atoms with Crippen molar-refractivity contribution in [2.24, 2.45) is 0 Å². The van der Waals surface area contributed by atoms with Gasteiger partial charge in [-0.25, -0.2) is 0 Å². The van der Waals surface area contributed by atoms with E-state index in [2.05, 4.69) is 62.5 Å². The molecule has 1 aliphatic heterocycles. The molecule has 1 heterocycles. The highest BCUT2D eigenvalue weighted by Gasteiger charge is 2.40. The number of hydrogen-bond acceptors (Lipinski definition) is 6. The number of allylic oxidation sites excluding steroid dienone is 8. The number of esters is 2. The van der Waals surface area contributed by atoms with Crippen LogP contribution in [0.15, 0.2) is 48.6 Å². The summed E-state index contributed by atoms with van der Waals surface area (Å²) in [7, 11) is 3.69. The van der Waals surface area contributed by atoms with Crippen molar-refractivity contribution in [1.29, 1.82) is 0 Å². The molecule has 2 atom stereocenters. The summed E-state index contributed by atoms with van der Waals surface area (Å²) in [4.78, 5) is 41.7. The molecule has 1 saturated heterocycles. The van der Waals surface area contributed by atoms with E-state index in [-0.39, 0.29) is 37.5 Å². The third-order valence-corrected chi connectivity index (χ3v) is 9.25. The molecular formula is C44H76N2O5. The van der Waals surface area contributed by atoms with Crippen molar-refractivity contribution in [2.45, 2.75) is 180 Å².